The number of nitrogens with two attached hydrogens (primary N) is 1. The zero-order chi connectivity index (χ0) is 14.0. The summed E-state index contributed by atoms with van der Waals surface area (Å²) in [5, 5.41) is 1.78. The van der Waals surface area contributed by atoms with Crippen LogP contribution in [0.4, 0.5) is 0 Å². The van der Waals surface area contributed by atoms with E-state index in [1.165, 1.54) is 15.6 Å². The SMILES string of the molecule is CN1CCCC1CN(C)S(=O)(=O)c1ccsc1CN. The lowest BCUT2D eigenvalue weighted by Gasteiger charge is -2.25. The van der Waals surface area contributed by atoms with Crippen LogP contribution in [0.15, 0.2) is 16.3 Å². The van der Waals surface area contributed by atoms with E-state index in [4.69, 9.17) is 5.73 Å². The quantitative estimate of drug-likeness (QED) is 0.878. The highest BCUT2D eigenvalue weighted by atomic mass is 32.2. The summed E-state index contributed by atoms with van der Waals surface area (Å²) < 4.78 is 26.5. The summed E-state index contributed by atoms with van der Waals surface area (Å²) in [4.78, 5) is 3.32. The van der Waals surface area contributed by atoms with Gasteiger partial charge in [-0.1, -0.05) is 0 Å². The summed E-state index contributed by atoms with van der Waals surface area (Å²) in [6.07, 6.45) is 2.20. The number of rotatable bonds is 5. The van der Waals surface area contributed by atoms with Crippen molar-refractivity contribution >= 4 is 21.4 Å². The highest BCUT2D eigenvalue weighted by molar-refractivity contribution is 7.89. The molecule has 0 amide bonds. The van der Waals surface area contributed by atoms with Crippen LogP contribution in [0.25, 0.3) is 0 Å². The standard InChI is InChI=1S/C12H21N3O2S2/c1-14-6-3-4-10(14)9-15(2)19(16,17)12-5-7-18-11(12)8-13/h5,7,10H,3-4,6,8-9,13H2,1-2H3. The molecule has 1 fully saturated rings. The van der Waals surface area contributed by atoms with Crippen LogP contribution in [0.5, 0.6) is 0 Å². The van der Waals surface area contributed by atoms with E-state index in [9.17, 15) is 8.42 Å². The molecular weight excluding hydrogens is 282 g/mol. The third kappa shape index (κ3) is 3.00. The topological polar surface area (TPSA) is 66.6 Å². The van der Waals surface area contributed by atoms with Crippen LogP contribution in [0, 0.1) is 0 Å². The molecule has 0 saturated carbocycles. The molecule has 0 bridgehead atoms. The monoisotopic (exact) mass is 303 g/mol. The van der Waals surface area contributed by atoms with Crippen molar-refractivity contribution in [3.05, 3.63) is 16.3 Å². The summed E-state index contributed by atoms with van der Waals surface area (Å²) in [5.74, 6) is 0. The molecular formula is C12H21N3O2S2. The first-order chi connectivity index (χ1) is 8.96. The lowest BCUT2D eigenvalue weighted by Crippen LogP contribution is -2.39. The van der Waals surface area contributed by atoms with E-state index in [-0.39, 0.29) is 6.54 Å². The van der Waals surface area contributed by atoms with E-state index in [1.807, 2.05) is 7.05 Å². The Morgan fingerprint density at radius 1 is 1.58 bits per heavy atom. The van der Waals surface area contributed by atoms with E-state index in [0.717, 1.165) is 24.3 Å². The molecule has 0 radical (unpaired) electrons. The molecule has 2 rings (SSSR count). The first kappa shape index (κ1) is 14.9. The summed E-state index contributed by atoms with van der Waals surface area (Å²) in [7, 11) is 0.290. The van der Waals surface area contributed by atoms with Gasteiger partial charge in [0.2, 0.25) is 10.0 Å². The van der Waals surface area contributed by atoms with Crippen LogP contribution in [-0.4, -0.2) is 50.8 Å². The summed E-state index contributed by atoms with van der Waals surface area (Å²) in [6, 6.07) is 1.97. The molecule has 1 aliphatic heterocycles. The Kier molecular flexibility index (Phi) is 4.62. The van der Waals surface area contributed by atoms with Gasteiger partial charge in [0.25, 0.3) is 0 Å². The fourth-order valence-corrected chi connectivity index (χ4v) is 4.99. The number of likely N-dealkylation sites (N-methyl/N-ethyl adjacent to an activating group) is 2. The molecule has 1 aliphatic rings. The van der Waals surface area contributed by atoms with Crippen LogP contribution in [0.2, 0.25) is 0 Å². The second-order valence-corrected chi connectivity index (χ2v) is 7.99. The normalized spacial score (nSPS) is 21.4. The average Bonchev–Trinajstić information content (AvgIpc) is 2.98. The fourth-order valence-electron chi connectivity index (χ4n) is 2.48. The summed E-state index contributed by atoms with van der Waals surface area (Å²) in [6.45, 7) is 1.85. The minimum atomic E-state index is -3.41. The highest BCUT2D eigenvalue weighted by Gasteiger charge is 2.29. The fraction of sp³-hybridized carbons (Fsp3) is 0.667. The third-order valence-corrected chi connectivity index (χ3v) is 6.70. The molecule has 2 heterocycles. The second-order valence-electron chi connectivity index (χ2n) is 4.97. The van der Waals surface area contributed by atoms with Crippen LogP contribution in [0.1, 0.15) is 17.7 Å². The predicted molar refractivity (Wildman–Crippen MR) is 77.7 cm³/mol. The van der Waals surface area contributed by atoms with Crippen molar-refractivity contribution in [1.82, 2.24) is 9.21 Å². The second kappa shape index (κ2) is 5.88. The van der Waals surface area contributed by atoms with Gasteiger partial charge >= 0.3 is 0 Å². The molecule has 1 saturated heterocycles. The molecule has 0 aromatic carbocycles. The van der Waals surface area contributed by atoms with Gasteiger partial charge in [0, 0.05) is 31.1 Å². The molecule has 19 heavy (non-hydrogen) atoms. The molecule has 1 unspecified atom stereocenters. The summed E-state index contributed by atoms with van der Waals surface area (Å²) >= 11 is 1.40. The lowest BCUT2D eigenvalue weighted by atomic mass is 10.2. The van der Waals surface area contributed by atoms with Crippen molar-refractivity contribution in [1.29, 1.82) is 0 Å². The number of likely N-dealkylation sites (tertiary alicyclic amines) is 1. The maximum absolute atomic E-state index is 12.5. The maximum Gasteiger partial charge on any atom is 0.244 e. The number of hydrogen-bond acceptors (Lipinski definition) is 5. The van der Waals surface area contributed by atoms with Gasteiger partial charge in [0.1, 0.15) is 0 Å². The van der Waals surface area contributed by atoms with Gasteiger partial charge in [-0.25, -0.2) is 8.42 Å². The van der Waals surface area contributed by atoms with Crippen LogP contribution in [0.3, 0.4) is 0 Å². The van der Waals surface area contributed by atoms with Crippen molar-refractivity contribution < 1.29 is 8.42 Å². The minimum absolute atomic E-state index is 0.267. The Labute approximate surface area is 119 Å². The zero-order valence-corrected chi connectivity index (χ0v) is 13.0. The lowest BCUT2D eigenvalue weighted by molar-refractivity contribution is 0.271. The van der Waals surface area contributed by atoms with Crippen molar-refractivity contribution in [3.63, 3.8) is 0 Å². The van der Waals surface area contributed by atoms with Gasteiger partial charge < -0.3 is 10.6 Å². The highest BCUT2D eigenvalue weighted by Crippen LogP contribution is 2.25. The van der Waals surface area contributed by atoms with Crippen molar-refractivity contribution in [2.24, 2.45) is 5.73 Å². The Morgan fingerprint density at radius 2 is 2.32 bits per heavy atom. The molecule has 1 aromatic rings. The van der Waals surface area contributed by atoms with Gasteiger partial charge in [-0.2, -0.15) is 4.31 Å². The van der Waals surface area contributed by atoms with Crippen molar-refractivity contribution in [3.8, 4) is 0 Å². The predicted octanol–water partition coefficient (Wildman–Crippen LogP) is 0.921. The van der Waals surface area contributed by atoms with E-state index in [0.29, 0.717) is 17.5 Å². The van der Waals surface area contributed by atoms with Gasteiger partial charge in [-0.05, 0) is 37.9 Å². The average molecular weight is 303 g/mol. The number of sulfonamides is 1. The Balaban J connectivity index is 2.15. The Hall–Kier alpha value is -0.470. The van der Waals surface area contributed by atoms with Crippen LogP contribution < -0.4 is 5.73 Å². The maximum atomic E-state index is 12.5. The van der Waals surface area contributed by atoms with Gasteiger partial charge in [-0.15, -0.1) is 11.3 Å². The van der Waals surface area contributed by atoms with Crippen LogP contribution in [-0.2, 0) is 16.6 Å². The van der Waals surface area contributed by atoms with E-state index >= 15 is 0 Å². The van der Waals surface area contributed by atoms with Gasteiger partial charge in [0.05, 0.1) is 4.90 Å². The molecule has 0 spiro atoms. The molecule has 1 atom stereocenters. The van der Waals surface area contributed by atoms with Gasteiger partial charge in [0.15, 0.2) is 0 Å². The molecule has 0 aliphatic carbocycles. The van der Waals surface area contributed by atoms with Crippen molar-refractivity contribution in [2.45, 2.75) is 30.3 Å². The van der Waals surface area contributed by atoms with E-state index in [1.54, 1.807) is 18.5 Å². The third-order valence-electron chi connectivity index (χ3n) is 3.72. The summed E-state index contributed by atoms with van der Waals surface area (Å²) in [5.41, 5.74) is 5.60. The molecule has 108 valence electrons. The van der Waals surface area contributed by atoms with E-state index < -0.39 is 10.0 Å². The number of thiophene rings is 1. The zero-order valence-electron chi connectivity index (χ0n) is 11.4. The number of hydrogen-bond donors (Lipinski definition) is 1. The Bertz CT molecular complexity index is 527. The molecule has 7 heteroatoms. The molecule has 1 aromatic heterocycles. The largest absolute Gasteiger partial charge is 0.326 e. The van der Waals surface area contributed by atoms with Gasteiger partial charge in [-0.3, -0.25) is 0 Å². The first-order valence-electron chi connectivity index (χ1n) is 6.40. The minimum Gasteiger partial charge on any atom is -0.326 e. The molecule has 2 N–H and O–H groups in total. The van der Waals surface area contributed by atoms with Crippen molar-refractivity contribution in [2.75, 3.05) is 27.2 Å². The smallest absolute Gasteiger partial charge is 0.244 e. The number of nitrogens with zero attached hydrogens (tertiary/aromatic N) is 2. The van der Waals surface area contributed by atoms with E-state index in [2.05, 4.69) is 4.90 Å². The Morgan fingerprint density at radius 3 is 2.89 bits per heavy atom. The molecule has 5 nitrogen and oxygen atoms in total. The van der Waals surface area contributed by atoms with Crippen LogP contribution >= 0.6 is 11.3 Å². The first-order valence-corrected chi connectivity index (χ1v) is 8.71.